The van der Waals surface area contributed by atoms with E-state index in [1.165, 1.54) is 6.07 Å². The topological polar surface area (TPSA) is 100 Å². The van der Waals surface area contributed by atoms with Crippen LogP contribution in [0.1, 0.15) is 26.1 Å². The van der Waals surface area contributed by atoms with Crippen LogP contribution in [0.25, 0.3) is 0 Å². The van der Waals surface area contributed by atoms with Gasteiger partial charge in [0.1, 0.15) is 11.6 Å². The maximum absolute atomic E-state index is 14.0. The van der Waals surface area contributed by atoms with Gasteiger partial charge in [-0.1, -0.05) is 0 Å². The third-order valence-corrected chi connectivity index (χ3v) is 3.41. The largest absolute Gasteiger partial charge is 0.394 e. The van der Waals surface area contributed by atoms with Crippen molar-refractivity contribution in [3.8, 4) is 0 Å². The Morgan fingerprint density at radius 1 is 1.52 bits per heavy atom. The molecule has 3 atom stereocenters. The fourth-order valence-corrected chi connectivity index (χ4v) is 2.32. The summed E-state index contributed by atoms with van der Waals surface area (Å²) < 4.78 is 34.7. The van der Waals surface area contributed by atoms with E-state index in [9.17, 15) is 18.7 Å². The Labute approximate surface area is 118 Å². The highest BCUT2D eigenvalue weighted by Crippen LogP contribution is 2.41. The van der Waals surface area contributed by atoms with Crippen molar-refractivity contribution >= 4 is 0 Å². The van der Waals surface area contributed by atoms with E-state index in [2.05, 4.69) is 0 Å². The van der Waals surface area contributed by atoms with Crippen molar-refractivity contribution in [2.24, 2.45) is 0 Å². The molecule has 1 saturated heterocycles. The molecule has 0 saturated carbocycles. The highest BCUT2D eigenvalue weighted by atomic mass is 19.3. The Balaban J connectivity index is 2.56. The highest BCUT2D eigenvalue weighted by Gasteiger charge is 2.59. The van der Waals surface area contributed by atoms with Gasteiger partial charge in [-0.2, -0.15) is 8.78 Å². The summed E-state index contributed by atoms with van der Waals surface area (Å²) in [6.45, 7) is 2.49. The molecule has 1 fully saturated rings. The van der Waals surface area contributed by atoms with E-state index in [4.69, 9.17) is 15.3 Å². The van der Waals surface area contributed by atoms with Crippen LogP contribution >= 0.6 is 0 Å². The summed E-state index contributed by atoms with van der Waals surface area (Å²) in [6.07, 6.45) is -4.68. The molecule has 7 nitrogen and oxygen atoms in total. The van der Waals surface area contributed by atoms with Gasteiger partial charge in [0.05, 0.1) is 6.61 Å². The molecule has 0 aromatic carbocycles. The summed E-state index contributed by atoms with van der Waals surface area (Å²) in [4.78, 5) is 12.3. The van der Waals surface area contributed by atoms with Crippen LogP contribution in [0.15, 0.2) is 17.1 Å². The second-order valence-electron chi connectivity index (χ2n) is 5.18. The van der Waals surface area contributed by atoms with Gasteiger partial charge in [0, 0.05) is 12.2 Å². The number of nitrogens with one attached hydrogen (secondary N) is 1. The first-order valence-corrected chi connectivity index (χ1v) is 6.42. The molecular weight excluding hydrogens is 288 g/mol. The fourth-order valence-electron chi connectivity index (χ4n) is 2.32. The number of nitrogens with zero attached hydrogens (tertiary/aromatic N) is 2. The smallest absolute Gasteiger partial charge is 0.332 e. The first-order valence-electron chi connectivity index (χ1n) is 6.42. The Bertz CT molecular complexity index is 640. The Morgan fingerprint density at radius 2 is 2.14 bits per heavy atom. The summed E-state index contributed by atoms with van der Waals surface area (Å²) in [7, 11) is 0. The normalized spacial score (nSPS) is 28.2. The van der Waals surface area contributed by atoms with Crippen molar-refractivity contribution in [1.82, 2.24) is 9.13 Å². The number of alkyl halides is 2. The van der Waals surface area contributed by atoms with Crippen molar-refractivity contribution in [3.63, 3.8) is 0 Å². The first-order chi connectivity index (χ1) is 9.71. The van der Waals surface area contributed by atoms with Crippen LogP contribution in [0.5, 0.6) is 0 Å². The minimum atomic E-state index is -3.73. The molecule has 1 aliphatic rings. The van der Waals surface area contributed by atoms with E-state index >= 15 is 0 Å². The third kappa shape index (κ3) is 2.41. The van der Waals surface area contributed by atoms with Gasteiger partial charge in [-0.15, -0.1) is 0 Å². The zero-order valence-electron chi connectivity index (χ0n) is 11.5. The fraction of sp³-hybridized carbons (Fsp3) is 0.667. The molecule has 0 amide bonds. The average Bonchev–Trinajstić information content (AvgIpc) is 2.61. The molecule has 2 rings (SSSR count). The summed E-state index contributed by atoms with van der Waals surface area (Å²) in [6, 6.07) is 0.797. The highest BCUT2D eigenvalue weighted by molar-refractivity contribution is 4.98. The summed E-state index contributed by atoms with van der Waals surface area (Å²) in [5, 5.41) is 26.1. The second kappa shape index (κ2) is 5.32. The SMILES string of the molecule is CC(C)n1c(=N)ccn([C@@H]2O[C@H](CO)C(O)C2(F)F)c1=O. The van der Waals surface area contributed by atoms with Gasteiger partial charge in [0.25, 0.3) is 0 Å². The number of rotatable bonds is 3. The number of hydrogen-bond donors (Lipinski definition) is 3. The average molecular weight is 305 g/mol. The van der Waals surface area contributed by atoms with Crippen LogP contribution < -0.4 is 11.2 Å². The van der Waals surface area contributed by atoms with E-state index < -0.39 is 42.7 Å². The van der Waals surface area contributed by atoms with Crippen molar-refractivity contribution in [3.05, 3.63) is 28.2 Å². The Hall–Kier alpha value is -1.58. The zero-order chi connectivity index (χ0) is 15.9. The van der Waals surface area contributed by atoms with Crippen LogP contribution in [0.2, 0.25) is 0 Å². The van der Waals surface area contributed by atoms with E-state index in [0.29, 0.717) is 4.57 Å². The van der Waals surface area contributed by atoms with Gasteiger partial charge >= 0.3 is 11.6 Å². The van der Waals surface area contributed by atoms with Crippen molar-refractivity contribution in [2.75, 3.05) is 6.61 Å². The van der Waals surface area contributed by atoms with Gasteiger partial charge in [-0.25, -0.2) is 4.79 Å². The van der Waals surface area contributed by atoms with Gasteiger partial charge in [-0.05, 0) is 19.9 Å². The number of aromatic nitrogens is 2. The number of aliphatic hydroxyl groups excluding tert-OH is 2. The molecule has 3 N–H and O–H groups in total. The maximum Gasteiger partial charge on any atom is 0.332 e. The molecule has 1 aliphatic heterocycles. The number of ether oxygens (including phenoxy) is 1. The summed E-state index contributed by atoms with van der Waals surface area (Å²) >= 11 is 0. The zero-order valence-corrected chi connectivity index (χ0v) is 11.5. The minimum Gasteiger partial charge on any atom is -0.394 e. The molecule has 0 spiro atoms. The van der Waals surface area contributed by atoms with Gasteiger partial charge in [0.15, 0.2) is 6.10 Å². The van der Waals surface area contributed by atoms with Gasteiger partial charge in [0.2, 0.25) is 6.23 Å². The molecule has 0 radical (unpaired) electrons. The standard InChI is InChI=1S/C12H17F2N3O4/c1-6(2)17-8(15)3-4-16(11(17)20)10-12(13,14)9(19)7(5-18)21-10/h3-4,6-7,9-10,15,18-19H,5H2,1-2H3/t7-,9?,10-/m1/s1. The van der Waals surface area contributed by atoms with Crippen LogP contribution in [0.4, 0.5) is 8.78 Å². The molecular formula is C12H17F2N3O4. The summed E-state index contributed by atoms with van der Waals surface area (Å²) in [5.41, 5.74) is -0.959. The van der Waals surface area contributed by atoms with Crippen molar-refractivity contribution in [2.45, 2.75) is 44.2 Å². The van der Waals surface area contributed by atoms with Crippen LogP contribution in [-0.4, -0.2) is 44.1 Å². The molecule has 0 aliphatic carbocycles. The monoisotopic (exact) mass is 305 g/mol. The van der Waals surface area contributed by atoms with Gasteiger partial charge in [-0.3, -0.25) is 14.5 Å². The predicted octanol–water partition coefficient (Wildman–Crippen LogP) is -0.404. The molecule has 1 aromatic rings. The molecule has 118 valence electrons. The maximum atomic E-state index is 14.0. The number of hydrogen-bond acceptors (Lipinski definition) is 5. The minimum absolute atomic E-state index is 0.119. The molecule has 1 aromatic heterocycles. The van der Waals surface area contributed by atoms with E-state index in [1.54, 1.807) is 13.8 Å². The van der Waals surface area contributed by atoms with Crippen molar-refractivity contribution in [1.29, 1.82) is 5.41 Å². The summed E-state index contributed by atoms with van der Waals surface area (Å²) in [5.74, 6) is -3.73. The predicted molar refractivity (Wildman–Crippen MR) is 66.9 cm³/mol. The van der Waals surface area contributed by atoms with Crippen molar-refractivity contribution < 1.29 is 23.7 Å². The lowest BCUT2D eigenvalue weighted by atomic mass is 10.1. The Morgan fingerprint density at radius 3 is 2.62 bits per heavy atom. The molecule has 0 bridgehead atoms. The van der Waals surface area contributed by atoms with Gasteiger partial charge < -0.3 is 14.9 Å². The molecule has 9 heteroatoms. The van der Waals surface area contributed by atoms with E-state index in [0.717, 1.165) is 10.8 Å². The number of halogens is 2. The van der Waals surface area contributed by atoms with E-state index in [-0.39, 0.29) is 5.49 Å². The number of aliphatic hydroxyl groups is 2. The first kappa shape index (κ1) is 15.8. The third-order valence-electron chi connectivity index (χ3n) is 3.41. The lowest BCUT2D eigenvalue weighted by Gasteiger charge is -2.23. The molecule has 1 unspecified atom stereocenters. The lowest BCUT2D eigenvalue weighted by Crippen LogP contribution is -2.46. The molecule has 2 heterocycles. The van der Waals surface area contributed by atoms with Crippen LogP contribution in [0.3, 0.4) is 0 Å². The second-order valence-corrected chi connectivity index (χ2v) is 5.18. The molecule has 21 heavy (non-hydrogen) atoms. The van der Waals surface area contributed by atoms with E-state index in [1.807, 2.05) is 0 Å². The lowest BCUT2D eigenvalue weighted by molar-refractivity contribution is -0.141. The van der Waals surface area contributed by atoms with Crippen LogP contribution in [-0.2, 0) is 4.74 Å². The van der Waals surface area contributed by atoms with Crippen LogP contribution in [0, 0.1) is 5.41 Å². The quantitative estimate of drug-likeness (QED) is 0.707. The Kier molecular flexibility index (Phi) is 4.00.